The van der Waals surface area contributed by atoms with Crippen LogP contribution in [0.2, 0.25) is 10.0 Å². The quantitative estimate of drug-likeness (QED) is 0.629. The molecule has 3 aromatic rings. The minimum absolute atomic E-state index is 0.322. The number of fused-ring (bicyclic) bond motifs is 1. The maximum absolute atomic E-state index is 12.4. The zero-order valence-electron chi connectivity index (χ0n) is 13.8. The lowest BCUT2D eigenvalue weighted by Crippen LogP contribution is -2.32. The molecule has 1 heterocycles. The monoisotopic (exact) mass is 391 g/mol. The number of rotatable bonds is 5. The first-order valence-electron chi connectivity index (χ1n) is 7.88. The number of H-pyrrole nitrogens is 1. The van der Waals surface area contributed by atoms with Crippen molar-refractivity contribution in [2.24, 2.45) is 0 Å². The third-order valence-corrected chi connectivity index (χ3v) is 4.49. The molecule has 2 aromatic carbocycles. The molecule has 0 bridgehead atoms. The summed E-state index contributed by atoms with van der Waals surface area (Å²) in [5, 5.41) is 3.38. The molecule has 1 atom stereocenters. The van der Waals surface area contributed by atoms with E-state index in [1.165, 1.54) is 6.07 Å². The number of benzene rings is 2. The fraction of sp³-hybridized carbons (Fsp3) is 0.167. The molecule has 0 aliphatic rings. The molecule has 1 aromatic heterocycles. The number of hydrogen-bond donors (Lipinski definition) is 2. The van der Waals surface area contributed by atoms with E-state index in [9.17, 15) is 9.59 Å². The summed E-state index contributed by atoms with van der Waals surface area (Å²) in [6.07, 6.45) is 0.930. The van der Waals surface area contributed by atoms with Crippen molar-refractivity contribution in [3.63, 3.8) is 0 Å². The molecule has 1 amide bonds. The van der Waals surface area contributed by atoms with Crippen LogP contribution in [0.15, 0.2) is 42.7 Å². The summed E-state index contributed by atoms with van der Waals surface area (Å²) in [6.45, 7) is 1.75. The summed E-state index contributed by atoms with van der Waals surface area (Å²) in [5.74, 6) is -1.03. The van der Waals surface area contributed by atoms with Gasteiger partial charge in [0.05, 0.1) is 33.0 Å². The smallest absolute Gasteiger partial charge is 0.338 e. The lowest BCUT2D eigenvalue weighted by atomic mass is 10.2. The first kappa shape index (κ1) is 18.2. The van der Waals surface area contributed by atoms with Crippen molar-refractivity contribution in [3.8, 4) is 0 Å². The van der Waals surface area contributed by atoms with Gasteiger partial charge in [-0.2, -0.15) is 0 Å². The fourth-order valence-corrected chi connectivity index (χ4v) is 2.68. The van der Waals surface area contributed by atoms with E-state index in [0.29, 0.717) is 33.2 Å². The lowest BCUT2D eigenvalue weighted by Gasteiger charge is -2.16. The van der Waals surface area contributed by atoms with Crippen molar-refractivity contribution in [2.75, 3.05) is 5.32 Å². The fourth-order valence-electron chi connectivity index (χ4n) is 2.38. The average Bonchev–Trinajstić information content (AvgIpc) is 3.10. The predicted octanol–water partition coefficient (Wildman–Crippen LogP) is 4.44. The van der Waals surface area contributed by atoms with Crippen molar-refractivity contribution in [2.45, 2.75) is 19.4 Å². The normalized spacial score (nSPS) is 12.0. The molecule has 0 saturated carbocycles. The van der Waals surface area contributed by atoms with Gasteiger partial charge in [-0.15, -0.1) is 0 Å². The highest BCUT2D eigenvalue weighted by Crippen LogP contribution is 2.25. The van der Waals surface area contributed by atoms with Crippen LogP contribution in [0.5, 0.6) is 0 Å². The molecule has 0 aliphatic carbocycles. The van der Waals surface area contributed by atoms with Gasteiger partial charge in [0.2, 0.25) is 0 Å². The van der Waals surface area contributed by atoms with E-state index in [0.717, 1.165) is 5.52 Å². The number of aromatic amines is 1. The number of aromatic nitrogens is 2. The van der Waals surface area contributed by atoms with Gasteiger partial charge in [0.1, 0.15) is 0 Å². The van der Waals surface area contributed by atoms with E-state index in [-0.39, 0.29) is 0 Å². The Bertz CT molecular complexity index is 971. The number of carbonyl (C=O) groups excluding carboxylic acids is 2. The maximum atomic E-state index is 12.4. The largest absolute Gasteiger partial charge is 0.449 e. The molecule has 0 radical (unpaired) electrons. The van der Waals surface area contributed by atoms with Crippen LogP contribution >= 0.6 is 23.2 Å². The van der Waals surface area contributed by atoms with Crippen molar-refractivity contribution in [3.05, 3.63) is 58.3 Å². The van der Waals surface area contributed by atoms with E-state index in [2.05, 4.69) is 15.3 Å². The van der Waals surface area contributed by atoms with Gasteiger partial charge >= 0.3 is 5.97 Å². The zero-order chi connectivity index (χ0) is 18.7. The SMILES string of the molecule is CCC(OC(=O)c1ccc2nc[nH]c2c1)C(=O)Nc1ccc(Cl)c(Cl)c1. The minimum atomic E-state index is -0.936. The van der Waals surface area contributed by atoms with Gasteiger partial charge in [0.15, 0.2) is 6.10 Å². The van der Waals surface area contributed by atoms with Crippen molar-refractivity contribution < 1.29 is 14.3 Å². The highest BCUT2D eigenvalue weighted by atomic mass is 35.5. The van der Waals surface area contributed by atoms with Gasteiger partial charge in [-0.05, 0) is 42.8 Å². The molecule has 0 saturated heterocycles. The highest BCUT2D eigenvalue weighted by Gasteiger charge is 2.22. The van der Waals surface area contributed by atoms with Crippen LogP contribution in [0.1, 0.15) is 23.7 Å². The van der Waals surface area contributed by atoms with Crippen LogP contribution in [0, 0.1) is 0 Å². The van der Waals surface area contributed by atoms with Gasteiger partial charge < -0.3 is 15.0 Å². The molecule has 2 N–H and O–H groups in total. The van der Waals surface area contributed by atoms with Crippen LogP contribution in [-0.2, 0) is 9.53 Å². The second-order valence-corrected chi connectivity index (χ2v) is 6.37. The molecule has 3 rings (SSSR count). The molecule has 0 spiro atoms. The van der Waals surface area contributed by atoms with E-state index in [1.807, 2.05) is 0 Å². The predicted molar refractivity (Wildman–Crippen MR) is 101 cm³/mol. The molecular formula is C18H15Cl2N3O3. The summed E-state index contributed by atoms with van der Waals surface area (Å²) >= 11 is 11.8. The summed E-state index contributed by atoms with van der Waals surface area (Å²) in [5.41, 5.74) is 2.26. The van der Waals surface area contributed by atoms with Crippen LogP contribution in [0.25, 0.3) is 11.0 Å². The second-order valence-electron chi connectivity index (χ2n) is 5.55. The van der Waals surface area contributed by atoms with Gasteiger partial charge in [0.25, 0.3) is 5.91 Å². The molecule has 134 valence electrons. The lowest BCUT2D eigenvalue weighted by molar-refractivity contribution is -0.124. The van der Waals surface area contributed by atoms with E-state index in [4.69, 9.17) is 27.9 Å². The number of ether oxygens (including phenoxy) is 1. The Balaban J connectivity index is 1.70. The van der Waals surface area contributed by atoms with Gasteiger partial charge in [-0.25, -0.2) is 9.78 Å². The standard InChI is InChI=1S/C18H15Cl2N3O3/c1-2-16(17(24)23-11-4-5-12(19)13(20)8-11)26-18(25)10-3-6-14-15(7-10)22-9-21-14/h3-9,16H,2H2,1H3,(H,21,22)(H,23,24). The number of carbonyl (C=O) groups is 2. The number of halogens is 2. The molecular weight excluding hydrogens is 377 g/mol. The van der Waals surface area contributed by atoms with Crippen LogP contribution in [0.3, 0.4) is 0 Å². The van der Waals surface area contributed by atoms with Crippen LogP contribution in [0.4, 0.5) is 5.69 Å². The number of amides is 1. The van der Waals surface area contributed by atoms with Crippen molar-refractivity contribution in [1.29, 1.82) is 0 Å². The number of esters is 1. The van der Waals surface area contributed by atoms with Crippen molar-refractivity contribution >= 4 is 51.8 Å². The molecule has 6 nitrogen and oxygen atoms in total. The van der Waals surface area contributed by atoms with Gasteiger partial charge in [-0.3, -0.25) is 4.79 Å². The van der Waals surface area contributed by atoms with E-state index in [1.54, 1.807) is 43.6 Å². The molecule has 1 unspecified atom stereocenters. The molecule has 26 heavy (non-hydrogen) atoms. The maximum Gasteiger partial charge on any atom is 0.338 e. The number of nitrogens with zero attached hydrogens (tertiary/aromatic N) is 1. The Kier molecular flexibility index (Phi) is 5.44. The molecule has 0 aliphatic heterocycles. The highest BCUT2D eigenvalue weighted by molar-refractivity contribution is 6.42. The number of imidazole rings is 1. The van der Waals surface area contributed by atoms with Gasteiger partial charge in [0, 0.05) is 5.69 Å². The Morgan fingerprint density at radius 1 is 1.19 bits per heavy atom. The molecule has 8 heteroatoms. The number of nitrogens with one attached hydrogen (secondary N) is 2. The number of anilines is 1. The van der Waals surface area contributed by atoms with Crippen molar-refractivity contribution in [1.82, 2.24) is 9.97 Å². The third-order valence-electron chi connectivity index (χ3n) is 3.76. The Hall–Kier alpha value is -2.57. The van der Waals surface area contributed by atoms with Gasteiger partial charge in [-0.1, -0.05) is 30.1 Å². The molecule has 0 fully saturated rings. The summed E-state index contributed by atoms with van der Waals surface area (Å²) in [4.78, 5) is 31.8. The first-order chi connectivity index (χ1) is 12.5. The second kappa shape index (κ2) is 7.76. The Morgan fingerprint density at radius 2 is 2.00 bits per heavy atom. The number of hydrogen-bond acceptors (Lipinski definition) is 4. The summed E-state index contributed by atoms with van der Waals surface area (Å²) in [7, 11) is 0. The topological polar surface area (TPSA) is 84.1 Å². The Morgan fingerprint density at radius 3 is 2.73 bits per heavy atom. The zero-order valence-corrected chi connectivity index (χ0v) is 15.3. The average molecular weight is 392 g/mol. The first-order valence-corrected chi connectivity index (χ1v) is 8.63. The third kappa shape index (κ3) is 3.98. The Labute approximate surface area is 159 Å². The van der Waals surface area contributed by atoms with Crippen LogP contribution in [-0.4, -0.2) is 27.9 Å². The summed E-state index contributed by atoms with van der Waals surface area (Å²) < 4.78 is 5.35. The minimum Gasteiger partial charge on any atom is -0.449 e. The van der Waals surface area contributed by atoms with E-state index >= 15 is 0 Å². The summed E-state index contributed by atoms with van der Waals surface area (Å²) in [6, 6.07) is 9.67. The van der Waals surface area contributed by atoms with E-state index < -0.39 is 18.0 Å². The van der Waals surface area contributed by atoms with Crippen LogP contribution < -0.4 is 5.32 Å².